The summed E-state index contributed by atoms with van der Waals surface area (Å²) >= 11 is 1.34. The molecule has 3 heteroatoms. The lowest BCUT2D eigenvalue weighted by atomic mass is 10.3. The first kappa shape index (κ1) is 10.7. The predicted octanol–water partition coefficient (Wildman–Crippen LogP) is 1.43. The highest BCUT2D eigenvalue weighted by Crippen LogP contribution is 2.06. The number of hydrogen-bond donors (Lipinski definition) is 1. The molecule has 1 N–H and O–H groups in total. The summed E-state index contributed by atoms with van der Waals surface area (Å²) in [6.45, 7) is 4.46. The van der Waals surface area contributed by atoms with Crippen molar-refractivity contribution in [1.29, 1.82) is 0 Å². The molecule has 0 spiro atoms. The highest BCUT2D eigenvalue weighted by Gasteiger charge is 1.99. The van der Waals surface area contributed by atoms with Gasteiger partial charge in [0.2, 0.25) is 0 Å². The molecule has 0 fully saturated rings. The zero-order valence-electron chi connectivity index (χ0n) is 6.93. The molecule has 0 amide bonds. The SMILES string of the molecule is C=CCSC(=O)CCCNC. The van der Waals surface area contributed by atoms with E-state index in [0.29, 0.717) is 6.42 Å². The summed E-state index contributed by atoms with van der Waals surface area (Å²) in [5, 5.41) is 3.26. The Hall–Kier alpha value is -0.280. The zero-order chi connectivity index (χ0) is 8.53. The van der Waals surface area contributed by atoms with E-state index < -0.39 is 0 Å². The fraction of sp³-hybridized carbons (Fsp3) is 0.625. The van der Waals surface area contributed by atoms with E-state index in [1.807, 2.05) is 7.05 Å². The summed E-state index contributed by atoms with van der Waals surface area (Å²) in [7, 11) is 1.89. The molecule has 0 aliphatic heterocycles. The predicted molar refractivity (Wildman–Crippen MR) is 50.8 cm³/mol. The van der Waals surface area contributed by atoms with E-state index in [4.69, 9.17) is 0 Å². The monoisotopic (exact) mass is 173 g/mol. The van der Waals surface area contributed by atoms with Crippen molar-refractivity contribution in [1.82, 2.24) is 5.32 Å². The molecular formula is C8H15NOS. The molecule has 2 nitrogen and oxygen atoms in total. The summed E-state index contributed by atoms with van der Waals surface area (Å²) < 4.78 is 0. The van der Waals surface area contributed by atoms with E-state index in [9.17, 15) is 4.79 Å². The molecule has 0 aromatic rings. The van der Waals surface area contributed by atoms with E-state index in [0.717, 1.165) is 18.7 Å². The smallest absolute Gasteiger partial charge is 0.189 e. The maximum absolute atomic E-state index is 11.0. The molecule has 0 aromatic carbocycles. The van der Waals surface area contributed by atoms with Crippen LogP contribution in [0, 0.1) is 0 Å². The van der Waals surface area contributed by atoms with Gasteiger partial charge in [-0.15, -0.1) is 6.58 Å². The first-order chi connectivity index (χ1) is 5.31. The van der Waals surface area contributed by atoms with E-state index in [-0.39, 0.29) is 5.12 Å². The maximum atomic E-state index is 11.0. The van der Waals surface area contributed by atoms with Crippen molar-refractivity contribution in [3.8, 4) is 0 Å². The van der Waals surface area contributed by atoms with Gasteiger partial charge in [-0.05, 0) is 20.0 Å². The molecule has 0 radical (unpaired) electrons. The second-order valence-corrected chi connectivity index (χ2v) is 3.26. The second kappa shape index (κ2) is 7.82. The molecule has 0 atom stereocenters. The molecule has 0 heterocycles. The van der Waals surface area contributed by atoms with Crippen molar-refractivity contribution < 1.29 is 4.79 Å². The van der Waals surface area contributed by atoms with Crippen molar-refractivity contribution in [2.45, 2.75) is 12.8 Å². The third-order valence-electron chi connectivity index (χ3n) is 1.17. The summed E-state index contributed by atoms with van der Waals surface area (Å²) in [4.78, 5) is 11.0. The summed E-state index contributed by atoms with van der Waals surface area (Å²) in [5.41, 5.74) is 0. The number of hydrogen-bond acceptors (Lipinski definition) is 3. The lowest BCUT2D eigenvalue weighted by molar-refractivity contribution is -0.111. The van der Waals surface area contributed by atoms with Gasteiger partial charge in [-0.2, -0.15) is 0 Å². The minimum Gasteiger partial charge on any atom is -0.320 e. The number of rotatable bonds is 6. The van der Waals surface area contributed by atoms with Gasteiger partial charge >= 0.3 is 0 Å². The molecule has 0 aliphatic rings. The second-order valence-electron chi connectivity index (χ2n) is 2.18. The van der Waals surface area contributed by atoms with Gasteiger partial charge in [0.1, 0.15) is 0 Å². The largest absolute Gasteiger partial charge is 0.320 e. The van der Waals surface area contributed by atoms with Crippen LogP contribution in [-0.2, 0) is 4.79 Å². The zero-order valence-corrected chi connectivity index (χ0v) is 7.75. The third-order valence-corrected chi connectivity index (χ3v) is 2.10. The number of thioether (sulfide) groups is 1. The fourth-order valence-corrected chi connectivity index (χ4v) is 1.23. The average molecular weight is 173 g/mol. The molecule has 11 heavy (non-hydrogen) atoms. The minimum absolute atomic E-state index is 0.264. The molecule has 0 aromatic heterocycles. The van der Waals surface area contributed by atoms with Crippen LogP contribution in [0.2, 0.25) is 0 Å². The maximum Gasteiger partial charge on any atom is 0.189 e. The van der Waals surface area contributed by atoms with E-state index in [2.05, 4.69) is 11.9 Å². The van der Waals surface area contributed by atoms with Gasteiger partial charge in [0.15, 0.2) is 5.12 Å². The van der Waals surface area contributed by atoms with Gasteiger partial charge in [-0.25, -0.2) is 0 Å². The van der Waals surface area contributed by atoms with Crippen LogP contribution in [0.15, 0.2) is 12.7 Å². The molecule has 0 saturated heterocycles. The van der Waals surface area contributed by atoms with Gasteiger partial charge in [-0.3, -0.25) is 4.79 Å². The Morgan fingerprint density at radius 2 is 2.45 bits per heavy atom. The van der Waals surface area contributed by atoms with Crippen molar-refractivity contribution in [3.63, 3.8) is 0 Å². The summed E-state index contributed by atoms with van der Waals surface area (Å²) in [5.74, 6) is 0.735. The van der Waals surface area contributed by atoms with E-state index in [1.54, 1.807) is 6.08 Å². The van der Waals surface area contributed by atoms with Crippen LogP contribution in [0.3, 0.4) is 0 Å². The molecule has 64 valence electrons. The van der Waals surface area contributed by atoms with Crippen LogP contribution < -0.4 is 5.32 Å². The standard InChI is InChI=1S/C8H15NOS/c1-3-7-11-8(10)5-4-6-9-2/h3,9H,1,4-7H2,2H3. The molecule has 0 saturated carbocycles. The third kappa shape index (κ3) is 7.62. The molecule has 0 rings (SSSR count). The van der Waals surface area contributed by atoms with Crippen LogP contribution >= 0.6 is 11.8 Å². The van der Waals surface area contributed by atoms with Gasteiger partial charge in [-0.1, -0.05) is 17.8 Å². The van der Waals surface area contributed by atoms with Crippen LogP contribution in [-0.4, -0.2) is 24.5 Å². The Morgan fingerprint density at radius 3 is 3.00 bits per heavy atom. The highest BCUT2D eigenvalue weighted by atomic mass is 32.2. The van der Waals surface area contributed by atoms with Crippen molar-refractivity contribution >= 4 is 16.9 Å². The quantitative estimate of drug-likeness (QED) is 0.486. The van der Waals surface area contributed by atoms with Crippen LogP contribution in [0.4, 0.5) is 0 Å². The van der Waals surface area contributed by atoms with Gasteiger partial charge in [0.25, 0.3) is 0 Å². The molecule has 0 aliphatic carbocycles. The van der Waals surface area contributed by atoms with Crippen molar-refractivity contribution in [2.75, 3.05) is 19.3 Å². The van der Waals surface area contributed by atoms with Crippen LogP contribution in [0.25, 0.3) is 0 Å². The van der Waals surface area contributed by atoms with E-state index >= 15 is 0 Å². The lowest BCUT2D eigenvalue weighted by Crippen LogP contribution is -2.08. The molecular weight excluding hydrogens is 158 g/mol. The van der Waals surface area contributed by atoms with E-state index in [1.165, 1.54) is 11.8 Å². The van der Waals surface area contributed by atoms with Crippen molar-refractivity contribution in [2.24, 2.45) is 0 Å². The fourth-order valence-electron chi connectivity index (χ4n) is 0.634. The van der Waals surface area contributed by atoms with Gasteiger partial charge in [0.05, 0.1) is 0 Å². The summed E-state index contributed by atoms with van der Waals surface area (Å²) in [6.07, 6.45) is 3.35. The topological polar surface area (TPSA) is 29.1 Å². The normalized spacial score (nSPS) is 9.55. The Kier molecular flexibility index (Phi) is 7.62. The van der Waals surface area contributed by atoms with Crippen molar-refractivity contribution in [3.05, 3.63) is 12.7 Å². The molecule has 0 bridgehead atoms. The Morgan fingerprint density at radius 1 is 1.73 bits per heavy atom. The Bertz CT molecular complexity index is 125. The number of carbonyl (C=O) groups is 1. The lowest BCUT2D eigenvalue weighted by Gasteiger charge is -1.97. The number of carbonyl (C=O) groups excluding carboxylic acids is 1. The minimum atomic E-state index is 0.264. The van der Waals surface area contributed by atoms with Gasteiger partial charge in [0, 0.05) is 12.2 Å². The van der Waals surface area contributed by atoms with Gasteiger partial charge < -0.3 is 5.32 Å². The first-order valence-corrected chi connectivity index (χ1v) is 4.71. The first-order valence-electron chi connectivity index (χ1n) is 3.72. The van der Waals surface area contributed by atoms with Crippen LogP contribution in [0.5, 0.6) is 0 Å². The number of nitrogens with one attached hydrogen (secondary N) is 1. The average Bonchev–Trinajstić information content (AvgIpc) is 2.01. The Balaban J connectivity index is 3.15. The van der Waals surface area contributed by atoms with Crippen LogP contribution in [0.1, 0.15) is 12.8 Å². The highest BCUT2D eigenvalue weighted by molar-refractivity contribution is 8.13. The Labute approximate surface area is 72.4 Å². The summed E-state index contributed by atoms with van der Waals surface area (Å²) in [6, 6.07) is 0. The molecule has 0 unspecified atom stereocenters.